The van der Waals surface area contributed by atoms with Crippen LogP contribution >= 0.6 is 0 Å². The quantitative estimate of drug-likeness (QED) is 0.650. The molecule has 0 fully saturated rings. The van der Waals surface area contributed by atoms with Gasteiger partial charge in [0.25, 0.3) is 0 Å². The molecule has 0 aromatic rings. The highest BCUT2D eigenvalue weighted by molar-refractivity contribution is 5.06. The van der Waals surface area contributed by atoms with E-state index in [1.54, 1.807) is 0 Å². The molecule has 0 bridgehead atoms. The maximum absolute atomic E-state index is 3.50. The summed E-state index contributed by atoms with van der Waals surface area (Å²) in [7, 11) is 6.35. The van der Waals surface area contributed by atoms with Gasteiger partial charge in [-0.3, -0.25) is 0 Å². The summed E-state index contributed by atoms with van der Waals surface area (Å²) in [6, 6.07) is 0. The van der Waals surface area contributed by atoms with Crippen LogP contribution < -0.4 is 5.32 Å². The molecular weight excluding hydrogens is 186 g/mol. The lowest BCUT2D eigenvalue weighted by molar-refractivity contribution is 0.372. The minimum absolute atomic E-state index is 1.04. The number of nitrogens with one attached hydrogen (secondary N) is 1. The molecule has 0 aromatic carbocycles. The van der Waals surface area contributed by atoms with E-state index in [4.69, 9.17) is 0 Å². The Bertz CT molecular complexity index is 193. The van der Waals surface area contributed by atoms with E-state index in [0.29, 0.717) is 0 Å². The van der Waals surface area contributed by atoms with E-state index in [0.717, 1.165) is 19.6 Å². The lowest BCUT2D eigenvalue weighted by Gasteiger charge is -2.24. The zero-order chi connectivity index (χ0) is 11.8. The van der Waals surface area contributed by atoms with Crippen LogP contribution in [0.5, 0.6) is 0 Å². The van der Waals surface area contributed by atoms with Crippen LogP contribution in [0.3, 0.4) is 0 Å². The Balaban J connectivity index is 3.95. The molecule has 0 spiro atoms. The molecule has 0 aliphatic heterocycles. The molecule has 0 atom stereocenters. The average molecular weight is 213 g/mol. The molecule has 0 unspecified atom stereocenters. The van der Waals surface area contributed by atoms with Gasteiger partial charge < -0.3 is 15.1 Å². The highest BCUT2D eigenvalue weighted by Gasteiger charge is 2.03. The summed E-state index contributed by atoms with van der Waals surface area (Å²) >= 11 is 0. The van der Waals surface area contributed by atoms with E-state index in [-0.39, 0.29) is 0 Å². The van der Waals surface area contributed by atoms with Gasteiger partial charge in [-0.2, -0.15) is 0 Å². The van der Waals surface area contributed by atoms with Crippen molar-refractivity contribution in [3.63, 3.8) is 0 Å². The molecule has 0 aliphatic rings. The third-order valence-corrected chi connectivity index (χ3v) is 2.40. The van der Waals surface area contributed by atoms with Crippen LogP contribution in [0.1, 0.15) is 27.2 Å². The topological polar surface area (TPSA) is 18.5 Å². The fourth-order valence-corrected chi connectivity index (χ4v) is 1.45. The minimum atomic E-state index is 1.04. The number of hydrogen-bond donors (Lipinski definition) is 1. The van der Waals surface area contributed by atoms with Crippen molar-refractivity contribution >= 4 is 0 Å². The summed E-state index contributed by atoms with van der Waals surface area (Å²) in [4.78, 5) is 4.47. The Hall–Kier alpha value is -0.700. The highest BCUT2D eigenvalue weighted by atomic mass is 15.2. The van der Waals surface area contributed by atoms with E-state index in [1.165, 1.54) is 17.8 Å². The van der Waals surface area contributed by atoms with Crippen LogP contribution in [0, 0.1) is 0 Å². The molecule has 90 valence electrons. The van der Waals surface area contributed by atoms with Crippen molar-refractivity contribution in [1.29, 1.82) is 0 Å². The molecule has 3 heteroatoms. The first-order chi connectivity index (χ1) is 6.99. The van der Waals surface area contributed by atoms with Crippen molar-refractivity contribution in [1.82, 2.24) is 15.1 Å². The van der Waals surface area contributed by atoms with Crippen molar-refractivity contribution < 1.29 is 0 Å². The Morgan fingerprint density at radius 2 is 1.73 bits per heavy atom. The zero-order valence-corrected chi connectivity index (χ0v) is 11.2. The van der Waals surface area contributed by atoms with Gasteiger partial charge in [0, 0.05) is 20.1 Å². The van der Waals surface area contributed by atoms with Gasteiger partial charge in [0.15, 0.2) is 0 Å². The second kappa shape index (κ2) is 7.57. The van der Waals surface area contributed by atoms with Gasteiger partial charge in [0.1, 0.15) is 0 Å². The van der Waals surface area contributed by atoms with Crippen LogP contribution in [0.2, 0.25) is 0 Å². The molecule has 0 aromatic heterocycles. The van der Waals surface area contributed by atoms with Crippen molar-refractivity contribution in [2.24, 2.45) is 0 Å². The van der Waals surface area contributed by atoms with E-state index in [2.05, 4.69) is 57.0 Å². The van der Waals surface area contributed by atoms with Crippen LogP contribution in [0.15, 0.2) is 11.4 Å². The molecule has 1 N–H and O–H groups in total. The monoisotopic (exact) mass is 213 g/mol. The Kier molecular flexibility index (Phi) is 7.22. The third-order valence-electron chi connectivity index (χ3n) is 2.40. The molecule has 0 saturated heterocycles. The largest absolute Gasteiger partial charge is 0.372 e. The number of hydrogen-bond acceptors (Lipinski definition) is 3. The number of rotatable bonds is 7. The molecular formula is C12H27N3. The minimum Gasteiger partial charge on any atom is -0.372 e. The maximum atomic E-state index is 3.50. The van der Waals surface area contributed by atoms with E-state index < -0.39 is 0 Å². The summed E-state index contributed by atoms with van der Waals surface area (Å²) < 4.78 is 0. The van der Waals surface area contributed by atoms with Gasteiger partial charge in [0.05, 0.1) is 5.82 Å². The van der Waals surface area contributed by atoms with Crippen molar-refractivity contribution in [2.75, 3.05) is 40.8 Å². The summed E-state index contributed by atoms with van der Waals surface area (Å²) in [5, 5.41) is 3.50. The first kappa shape index (κ1) is 14.3. The van der Waals surface area contributed by atoms with Gasteiger partial charge in [-0.25, -0.2) is 0 Å². The molecule has 0 radical (unpaired) electrons. The first-order valence-electron chi connectivity index (χ1n) is 5.76. The van der Waals surface area contributed by atoms with Gasteiger partial charge in [0.2, 0.25) is 0 Å². The molecule has 15 heavy (non-hydrogen) atoms. The molecule has 0 saturated carbocycles. The van der Waals surface area contributed by atoms with Crippen LogP contribution in [0.4, 0.5) is 0 Å². The SMILES string of the molecule is CCN(C)C(NCCCN(C)C)=C(C)C. The van der Waals surface area contributed by atoms with Crippen LogP contribution in [0.25, 0.3) is 0 Å². The van der Waals surface area contributed by atoms with Gasteiger partial charge in [-0.05, 0) is 53.4 Å². The number of allylic oxidation sites excluding steroid dienone is 1. The van der Waals surface area contributed by atoms with Crippen molar-refractivity contribution in [3.05, 3.63) is 11.4 Å². The molecule has 3 nitrogen and oxygen atoms in total. The summed E-state index contributed by atoms with van der Waals surface area (Å²) in [6.45, 7) is 9.70. The standard InChI is InChI=1S/C12H27N3/c1-7-15(6)12(11(2)3)13-9-8-10-14(4)5/h13H,7-10H2,1-6H3. The molecule has 0 rings (SSSR count). The summed E-state index contributed by atoms with van der Waals surface area (Å²) in [6.07, 6.45) is 1.18. The van der Waals surface area contributed by atoms with Crippen molar-refractivity contribution in [3.8, 4) is 0 Å². The highest BCUT2D eigenvalue weighted by Crippen LogP contribution is 2.03. The Morgan fingerprint density at radius 1 is 1.13 bits per heavy atom. The second-order valence-electron chi connectivity index (χ2n) is 4.45. The Labute approximate surface area is 95.1 Å². The van der Waals surface area contributed by atoms with Crippen LogP contribution in [-0.4, -0.2) is 50.6 Å². The smallest absolute Gasteiger partial charge is 0.0996 e. The molecule has 0 amide bonds. The molecule has 0 heterocycles. The average Bonchev–Trinajstić information content (AvgIpc) is 2.15. The lowest BCUT2D eigenvalue weighted by Crippen LogP contribution is -2.31. The van der Waals surface area contributed by atoms with Gasteiger partial charge in [-0.1, -0.05) is 0 Å². The zero-order valence-electron chi connectivity index (χ0n) is 11.2. The fraction of sp³-hybridized carbons (Fsp3) is 0.833. The summed E-state index contributed by atoms with van der Waals surface area (Å²) in [5.41, 5.74) is 1.35. The van der Waals surface area contributed by atoms with E-state index >= 15 is 0 Å². The second-order valence-corrected chi connectivity index (χ2v) is 4.45. The molecule has 0 aliphatic carbocycles. The fourth-order valence-electron chi connectivity index (χ4n) is 1.45. The van der Waals surface area contributed by atoms with Crippen molar-refractivity contribution in [2.45, 2.75) is 27.2 Å². The Morgan fingerprint density at radius 3 is 2.13 bits per heavy atom. The third kappa shape index (κ3) is 6.39. The van der Waals surface area contributed by atoms with Crippen LogP contribution in [-0.2, 0) is 0 Å². The normalized spacial score (nSPS) is 10.3. The van der Waals surface area contributed by atoms with E-state index in [9.17, 15) is 0 Å². The number of nitrogens with zero attached hydrogens (tertiary/aromatic N) is 2. The van der Waals surface area contributed by atoms with Gasteiger partial charge >= 0.3 is 0 Å². The van der Waals surface area contributed by atoms with Gasteiger partial charge in [-0.15, -0.1) is 0 Å². The predicted octanol–water partition coefficient (Wildman–Crippen LogP) is 1.73. The van der Waals surface area contributed by atoms with E-state index in [1.807, 2.05) is 0 Å². The first-order valence-corrected chi connectivity index (χ1v) is 5.76. The lowest BCUT2D eigenvalue weighted by atomic mass is 10.3. The summed E-state index contributed by atoms with van der Waals surface area (Å²) in [5.74, 6) is 1.27. The predicted molar refractivity (Wildman–Crippen MR) is 67.9 cm³/mol. The maximum Gasteiger partial charge on any atom is 0.0996 e.